The maximum Gasteiger partial charge on any atom is 0.450 e. The SMILES string of the molecule is COc1ccc2c(c1)nc(C(F)(F)F)n2-c1ccc(NC(=O)C2CCCC2)nc1. The third-order valence-corrected chi connectivity index (χ3v) is 5.10. The highest BCUT2D eigenvalue weighted by Crippen LogP contribution is 2.35. The summed E-state index contributed by atoms with van der Waals surface area (Å²) < 4.78 is 46.8. The summed E-state index contributed by atoms with van der Waals surface area (Å²) in [6.07, 6.45) is 0.408. The molecule has 1 aliphatic rings. The van der Waals surface area contributed by atoms with Crippen molar-refractivity contribution < 1.29 is 22.7 Å². The minimum absolute atomic E-state index is 0.0270. The van der Waals surface area contributed by atoms with Crippen LogP contribution in [0.5, 0.6) is 5.75 Å². The van der Waals surface area contributed by atoms with E-state index < -0.39 is 12.0 Å². The third-order valence-electron chi connectivity index (χ3n) is 5.10. The molecule has 6 nitrogen and oxygen atoms in total. The lowest BCUT2D eigenvalue weighted by Crippen LogP contribution is -2.21. The highest BCUT2D eigenvalue weighted by atomic mass is 19.4. The van der Waals surface area contributed by atoms with Crippen LogP contribution in [0.1, 0.15) is 31.5 Å². The number of amides is 1. The quantitative estimate of drug-likeness (QED) is 0.691. The lowest BCUT2D eigenvalue weighted by atomic mass is 10.1. The van der Waals surface area contributed by atoms with Crippen LogP contribution in [0.2, 0.25) is 0 Å². The van der Waals surface area contributed by atoms with Crippen molar-refractivity contribution in [3.8, 4) is 11.4 Å². The first-order chi connectivity index (χ1) is 13.9. The first kappa shape index (κ1) is 19.2. The number of fused-ring (bicyclic) bond motifs is 1. The summed E-state index contributed by atoms with van der Waals surface area (Å²) in [5, 5.41) is 2.74. The van der Waals surface area contributed by atoms with Crippen LogP contribution in [-0.2, 0) is 11.0 Å². The standard InChI is InChI=1S/C20H19F3N4O2/c1-29-14-7-8-16-15(10-14)25-19(20(21,22)23)27(16)13-6-9-17(24-11-13)26-18(28)12-4-2-3-5-12/h6-12H,2-5H2,1H3,(H,24,26,28). The van der Waals surface area contributed by atoms with E-state index in [2.05, 4.69) is 15.3 Å². The van der Waals surface area contributed by atoms with E-state index in [-0.39, 0.29) is 28.5 Å². The number of hydrogen-bond donors (Lipinski definition) is 1. The summed E-state index contributed by atoms with van der Waals surface area (Å²) in [5.74, 6) is -0.450. The van der Waals surface area contributed by atoms with Crippen LogP contribution < -0.4 is 10.1 Å². The Kier molecular flexibility index (Phi) is 4.89. The second-order valence-electron chi connectivity index (χ2n) is 7.00. The molecule has 1 amide bonds. The summed E-state index contributed by atoms with van der Waals surface area (Å²) >= 11 is 0. The second kappa shape index (κ2) is 7.38. The zero-order chi connectivity index (χ0) is 20.6. The van der Waals surface area contributed by atoms with Crippen molar-refractivity contribution in [1.29, 1.82) is 0 Å². The molecule has 4 rings (SSSR count). The van der Waals surface area contributed by atoms with Crippen molar-refractivity contribution >= 4 is 22.8 Å². The predicted molar refractivity (Wildman–Crippen MR) is 101 cm³/mol. The summed E-state index contributed by atoms with van der Waals surface area (Å²) in [6, 6.07) is 7.52. The van der Waals surface area contributed by atoms with E-state index in [9.17, 15) is 18.0 Å². The largest absolute Gasteiger partial charge is 0.497 e. The van der Waals surface area contributed by atoms with Crippen molar-refractivity contribution in [3.05, 3.63) is 42.4 Å². The molecule has 2 heterocycles. The van der Waals surface area contributed by atoms with Gasteiger partial charge in [0.1, 0.15) is 11.6 Å². The zero-order valence-corrected chi connectivity index (χ0v) is 15.7. The van der Waals surface area contributed by atoms with Gasteiger partial charge in [0.05, 0.1) is 30.0 Å². The molecule has 0 spiro atoms. The number of pyridine rings is 1. The van der Waals surface area contributed by atoms with Crippen LogP contribution in [0.3, 0.4) is 0 Å². The fourth-order valence-corrected chi connectivity index (χ4v) is 3.65. The van der Waals surface area contributed by atoms with Gasteiger partial charge in [-0.15, -0.1) is 0 Å². The Bertz CT molecular complexity index is 1040. The van der Waals surface area contributed by atoms with Gasteiger partial charge in [-0.1, -0.05) is 12.8 Å². The fourth-order valence-electron chi connectivity index (χ4n) is 3.65. The van der Waals surface area contributed by atoms with E-state index in [0.29, 0.717) is 11.6 Å². The molecule has 152 valence electrons. The Morgan fingerprint density at radius 3 is 2.59 bits per heavy atom. The number of aromatic nitrogens is 3. The van der Waals surface area contributed by atoms with Crippen molar-refractivity contribution in [2.75, 3.05) is 12.4 Å². The Morgan fingerprint density at radius 1 is 1.21 bits per heavy atom. The van der Waals surface area contributed by atoms with E-state index in [4.69, 9.17) is 4.74 Å². The number of carbonyl (C=O) groups is 1. The molecule has 1 fully saturated rings. The van der Waals surface area contributed by atoms with Gasteiger partial charge in [-0.25, -0.2) is 9.97 Å². The Balaban J connectivity index is 1.69. The normalized spacial score (nSPS) is 15.0. The number of imidazole rings is 1. The lowest BCUT2D eigenvalue weighted by molar-refractivity contribution is -0.145. The van der Waals surface area contributed by atoms with Crippen LogP contribution in [0, 0.1) is 5.92 Å². The maximum atomic E-state index is 13.6. The molecule has 0 saturated heterocycles. The number of alkyl halides is 3. The smallest absolute Gasteiger partial charge is 0.450 e. The second-order valence-corrected chi connectivity index (χ2v) is 7.00. The zero-order valence-electron chi connectivity index (χ0n) is 15.7. The highest BCUT2D eigenvalue weighted by molar-refractivity contribution is 5.91. The number of rotatable bonds is 4. The Labute approximate surface area is 164 Å². The average molecular weight is 404 g/mol. The number of carbonyl (C=O) groups excluding carboxylic acids is 1. The first-order valence-corrected chi connectivity index (χ1v) is 9.28. The molecule has 0 aliphatic heterocycles. The number of halogens is 3. The van der Waals surface area contributed by atoms with Gasteiger partial charge in [-0.2, -0.15) is 13.2 Å². The minimum atomic E-state index is -4.65. The maximum absolute atomic E-state index is 13.6. The van der Waals surface area contributed by atoms with Crippen molar-refractivity contribution in [3.63, 3.8) is 0 Å². The fraction of sp³-hybridized carbons (Fsp3) is 0.350. The van der Waals surface area contributed by atoms with Gasteiger partial charge < -0.3 is 10.1 Å². The number of nitrogens with zero attached hydrogens (tertiary/aromatic N) is 3. The Morgan fingerprint density at radius 2 is 1.97 bits per heavy atom. The predicted octanol–water partition coefficient (Wildman–Crippen LogP) is 4.58. The molecule has 2 aromatic heterocycles. The Hall–Kier alpha value is -3.10. The summed E-state index contributed by atoms with van der Waals surface area (Å²) in [5.41, 5.74) is 0.641. The van der Waals surface area contributed by atoms with E-state index >= 15 is 0 Å². The molecule has 29 heavy (non-hydrogen) atoms. The summed E-state index contributed by atoms with van der Waals surface area (Å²) in [6.45, 7) is 0. The monoisotopic (exact) mass is 404 g/mol. The lowest BCUT2D eigenvalue weighted by Gasteiger charge is -2.13. The van der Waals surface area contributed by atoms with Gasteiger partial charge >= 0.3 is 6.18 Å². The molecule has 0 unspecified atom stereocenters. The molecule has 1 aliphatic carbocycles. The van der Waals surface area contributed by atoms with E-state index in [1.165, 1.54) is 37.6 Å². The molecule has 9 heteroatoms. The van der Waals surface area contributed by atoms with Gasteiger partial charge in [0, 0.05) is 12.0 Å². The van der Waals surface area contributed by atoms with Gasteiger partial charge in [0.2, 0.25) is 11.7 Å². The van der Waals surface area contributed by atoms with Crippen LogP contribution in [-0.4, -0.2) is 27.6 Å². The number of ether oxygens (including phenoxy) is 1. The minimum Gasteiger partial charge on any atom is -0.497 e. The average Bonchev–Trinajstić information content (AvgIpc) is 3.36. The van der Waals surface area contributed by atoms with Crippen molar-refractivity contribution in [2.45, 2.75) is 31.9 Å². The van der Waals surface area contributed by atoms with Crippen LogP contribution in [0.4, 0.5) is 19.0 Å². The molecule has 0 bridgehead atoms. The summed E-state index contributed by atoms with van der Waals surface area (Å²) in [7, 11) is 1.44. The molecular weight excluding hydrogens is 385 g/mol. The first-order valence-electron chi connectivity index (χ1n) is 9.28. The molecule has 3 aromatic rings. The van der Waals surface area contributed by atoms with E-state index in [0.717, 1.165) is 30.3 Å². The van der Waals surface area contributed by atoms with Crippen molar-refractivity contribution in [2.24, 2.45) is 5.92 Å². The van der Waals surface area contributed by atoms with Gasteiger partial charge in [0.25, 0.3) is 0 Å². The van der Waals surface area contributed by atoms with E-state index in [1.54, 1.807) is 6.07 Å². The topological polar surface area (TPSA) is 69.0 Å². The molecule has 0 atom stereocenters. The molecule has 1 aromatic carbocycles. The highest BCUT2D eigenvalue weighted by Gasteiger charge is 2.38. The number of nitrogens with one attached hydrogen (secondary N) is 1. The number of benzene rings is 1. The molecule has 1 saturated carbocycles. The number of methoxy groups -OCH3 is 1. The summed E-state index contributed by atoms with van der Waals surface area (Å²) in [4.78, 5) is 20.1. The molecule has 1 N–H and O–H groups in total. The third kappa shape index (κ3) is 3.76. The van der Waals surface area contributed by atoms with Crippen LogP contribution >= 0.6 is 0 Å². The van der Waals surface area contributed by atoms with Gasteiger partial charge in [-0.3, -0.25) is 9.36 Å². The molecule has 0 radical (unpaired) electrons. The number of anilines is 1. The van der Waals surface area contributed by atoms with Crippen LogP contribution in [0.15, 0.2) is 36.5 Å². The number of hydrogen-bond acceptors (Lipinski definition) is 4. The van der Waals surface area contributed by atoms with Gasteiger partial charge in [-0.05, 0) is 37.1 Å². The molecular formula is C20H19F3N4O2. The van der Waals surface area contributed by atoms with Gasteiger partial charge in [0.15, 0.2) is 0 Å². The van der Waals surface area contributed by atoms with Crippen LogP contribution in [0.25, 0.3) is 16.7 Å². The van der Waals surface area contributed by atoms with Crippen molar-refractivity contribution in [1.82, 2.24) is 14.5 Å². The van der Waals surface area contributed by atoms with E-state index in [1.807, 2.05) is 0 Å².